The number of aliphatic hydroxyl groups is 1. The van der Waals surface area contributed by atoms with E-state index in [-0.39, 0.29) is 5.41 Å². The number of allylic oxidation sites excluding steroid dienone is 1. The first-order chi connectivity index (χ1) is 13.8. The zero-order valence-electron chi connectivity index (χ0n) is 19.1. The molecule has 29 heavy (non-hydrogen) atoms. The van der Waals surface area contributed by atoms with E-state index in [1.54, 1.807) is 0 Å². The van der Waals surface area contributed by atoms with Crippen molar-refractivity contribution in [3.63, 3.8) is 0 Å². The second-order valence-corrected chi connectivity index (χ2v) is 11.6. The Balaban J connectivity index is 1.61. The Hall–Kier alpha value is -0.670. The molecule has 0 bridgehead atoms. The third kappa shape index (κ3) is 3.45. The molecule has 3 heteroatoms. The first-order valence-electron chi connectivity index (χ1n) is 12.1. The standard InChI is InChI=1S/C26H42O3/c1-18(6-5-15-27)21-9-10-22-20-8-7-19-16-24(2,28)13-14-26(19,17-29-4)23(20)11-12-25(21,22)3/h7,15,18,20-23,28H,5-6,8-14,16-17H2,1-4H3/t18-,20?,21-,22+,23+,24+,25-,26-/m1/s1. The number of fused-ring (bicyclic) bond motifs is 5. The van der Waals surface area contributed by atoms with Crippen LogP contribution in [0.1, 0.15) is 85.0 Å². The first-order valence-corrected chi connectivity index (χ1v) is 12.1. The molecule has 0 amide bonds. The molecular formula is C26H42O3. The monoisotopic (exact) mass is 402 g/mol. The molecule has 0 radical (unpaired) electrons. The number of ether oxygens (including phenoxy) is 1. The highest BCUT2D eigenvalue weighted by molar-refractivity contribution is 5.49. The highest BCUT2D eigenvalue weighted by Gasteiger charge is 2.60. The molecule has 1 unspecified atom stereocenters. The lowest BCUT2D eigenvalue weighted by atomic mass is 9.46. The summed E-state index contributed by atoms with van der Waals surface area (Å²) in [7, 11) is 1.86. The molecule has 0 spiro atoms. The maximum absolute atomic E-state index is 10.9. The number of hydrogen-bond donors (Lipinski definition) is 1. The van der Waals surface area contributed by atoms with Crippen LogP contribution in [0.2, 0.25) is 0 Å². The topological polar surface area (TPSA) is 46.5 Å². The van der Waals surface area contributed by atoms with E-state index in [9.17, 15) is 9.90 Å². The highest BCUT2D eigenvalue weighted by atomic mass is 16.5. The van der Waals surface area contributed by atoms with Crippen molar-refractivity contribution >= 4 is 6.29 Å². The normalized spacial score (nSPS) is 47.6. The van der Waals surface area contributed by atoms with Crippen LogP contribution in [-0.2, 0) is 9.53 Å². The molecular weight excluding hydrogens is 360 g/mol. The van der Waals surface area contributed by atoms with Crippen LogP contribution >= 0.6 is 0 Å². The van der Waals surface area contributed by atoms with Crippen molar-refractivity contribution < 1.29 is 14.6 Å². The zero-order valence-corrected chi connectivity index (χ0v) is 19.1. The summed E-state index contributed by atoms with van der Waals surface area (Å²) in [6, 6.07) is 0. The van der Waals surface area contributed by atoms with Gasteiger partial charge in [-0.15, -0.1) is 0 Å². The van der Waals surface area contributed by atoms with Gasteiger partial charge in [-0.1, -0.05) is 25.5 Å². The second-order valence-electron chi connectivity index (χ2n) is 11.6. The zero-order chi connectivity index (χ0) is 20.9. The van der Waals surface area contributed by atoms with Gasteiger partial charge in [0.15, 0.2) is 0 Å². The average molecular weight is 403 g/mol. The van der Waals surface area contributed by atoms with Crippen molar-refractivity contribution in [2.45, 2.75) is 90.6 Å². The van der Waals surface area contributed by atoms with Gasteiger partial charge in [-0.2, -0.15) is 0 Å². The Morgan fingerprint density at radius 2 is 2.00 bits per heavy atom. The predicted molar refractivity (Wildman–Crippen MR) is 116 cm³/mol. The smallest absolute Gasteiger partial charge is 0.120 e. The SMILES string of the molecule is COC[C@]12CC[C@](C)(O)CC1=CCC1[C@@H]2CC[C@]2(C)[C@@H]([C@H](C)CCC=O)CC[C@@H]12. The van der Waals surface area contributed by atoms with Crippen LogP contribution in [0.4, 0.5) is 0 Å². The van der Waals surface area contributed by atoms with E-state index in [2.05, 4.69) is 19.9 Å². The van der Waals surface area contributed by atoms with E-state index in [0.717, 1.165) is 56.3 Å². The van der Waals surface area contributed by atoms with Gasteiger partial charge in [0.25, 0.3) is 0 Å². The van der Waals surface area contributed by atoms with Gasteiger partial charge in [0.1, 0.15) is 6.29 Å². The van der Waals surface area contributed by atoms with E-state index in [4.69, 9.17) is 4.74 Å². The van der Waals surface area contributed by atoms with Crippen LogP contribution in [0.5, 0.6) is 0 Å². The number of carbonyl (C=O) groups is 1. The molecule has 3 nitrogen and oxygen atoms in total. The average Bonchev–Trinajstić information content (AvgIpc) is 3.03. The van der Waals surface area contributed by atoms with Gasteiger partial charge < -0.3 is 14.6 Å². The summed E-state index contributed by atoms with van der Waals surface area (Å²) in [6.07, 6.45) is 14.7. The van der Waals surface area contributed by atoms with Crippen LogP contribution in [-0.4, -0.2) is 30.7 Å². The van der Waals surface area contributed by atoms with Crippen LogP contribution in [0.15, 0.2) is 11.6 Å². The lowest BCUT2D eigenvalue weighted by Crippen LogP contribution is -2.54. The lowest BCUT2D eigenvalue weighted by molar-refractivity contribution is -0.108. The van der Waals surface area contributed by atoms with Gasteiger partial charge in [0.2, 0.25) is 0 Å². The molecule has 0 aromatic rings. The summed E-state index contributed by atoms with van der Waals surface area (Å²) < 4.78 is 5.84. The number of rotatable bonds is 6. The van der Waals surface area contributed by atoms with Gasteiger partial charge in [-0.05, 0) is 99.7 Å². The first kappa shape index (κ1) is 21.6. The number of carbonyl (C=O) groups excluding carboxylic acids is 1. The molecule has 0 aromatic carbocycles. The molecule has 4 rings (SSSR count). The van der Waals surface area contributed by atoms with Gasteiger partial charge in [-0.3, -0.25) is 0 Å². The van der Waals surface area contributed by atoms with Crippen molar-refractivity contribution in [2.75, 3.05) is 13.7 Å². The van der Waals surface area contributed by atoms with Gasteiger partial charge in [0, 0.05) is 18.9 Å². The van der Waals surface area contributed by atoms with Crippen LogP contribution in [0.3, 0.4) is 0 Å². The molecule has 0 heterocycles. The largest absolute Gasteiger partial charge is 0.390 e. The summed E-state index contributed by atoms with van der Waals surface area (Å²) in [4.78, 5) is 10.9. The summed E-state index contributed by atoms with van der Waals surface area (Å²) in [5.74, 6) is 3.70. The van der Waals surface area contributed by atoms with E-state index in [1.165, 1.54) is 37.7 Å². The van der Waals surface area contributed by atoms with Crippen LogP contribution in [0.25, 0.3) is 0 Å². The maximum atomic E-state index is 10.9. The van der Waals surface area contributed by atoms with Crippen molar-refractivity contribution in [3.05, 3.63) is 11.6 Å². The van der Waals surface area contributed by atoms with Gasteiger partial charge in [0.05, 0.1) is 12.2 Å². The van der Waals surface area contributed by atoms with Gasteiger partial charge >= 0.3 is 0 Å². The molecule has 0 saturated heterocycles. The molecule has 0 aromatic heterocycles. The van der Waals surface area contributed by atoms with E-state index in [1.807, 2.05) is 14.0 Å². The quantitative estimate of drug-likeness (QED) is 0.467. The Labute approximate surface area is 177 Å². The lowest BCUT2D eigenvalue weighted by Gasteiger charge is -2.60. The third-order valence-corrected chi connectivity index (χ3v) is 10.0. The third-order valence-electron chi connectivity index (χ3n) is 10.0. The van der Waals surface area contributed by atoms with Crippen molar-refractivity contribution in [1.82, 2.24) is 0 Å². The molecule has 8 atom stereocenters. The molecule has 1 N–H and O–H groups in total. The minimum Gasteiger partial charge on any atom is -0.390 e. The molecule has 0 aliphatic heterocycles. The number of methoxy groups -OCH3 is 1. The summed E-state index contributed by atoms with van der Waals surface area (Å²) in [5, 5.41) is 10.7. The van der Waals surface area contributed by atoms with Crippen molar-refractivity contribution in [3.8, 4) is 0 Å². The predicted octanol–water partition coefficient (Wildman–Crippen LogP) is 5.56. The number of hydrogen-bond acceptors (Lipinski definition) is 3. The molecule has 3 saturated carbocycles. The Kier molecular flexibility index (Phi) is 5.79. The molecule has 4 aliphatic rings. The second kappa shape index (κ2) is 7.79. The summed E-state index contributed by atoms with van der Waals surface area (Å²) in [5.41, 5.74) is 1.53. The van der Waals surface area contributed by atoms with Gasteiger partial charge in [-0.25, -0.2) is 0 Å². The van der Waals surface area contributed by atoms with E-state index < -0.39 is 5.60 Å². The highest BCUT2D eigenvalue weighted by Crippen LogP contribution is 2.67. The minimum atomic E-state index is -0.550. The summed E-state index contributed by atoms with van der Waals surface area (Å²) in [6.45, 7) is 7.80. The maximum Gasteiger partial charge on any atom is 0.120 e. The molecule has 3 fully saturated rings. The fourth-order valence-electron chi connectivity index (χ4n) is 8.64. The number of aldehydes is 1. The Bertz CT molecular complexity index is 652. The Morgan fingerprint density at radius 1 is 1.21 bits per heavy atom. The van der Waals surface area contributed by atoms with Crippen LogP contribution in [0, 0.1) is 40.4 Å². The molecule has 4 aliphatic carbocycles. The minimum absolute atomic E-state index is 0.155. The van der Waals surface area contributed by atoms with Crippen molar-refractivity contribution in [2.24, 2.45) is 40.4 Å². The Morgan fingerprint density at radius 3 is 2.72 bits per heavy atom. The van der Waals surface area contributed by atoms with E-state index >= 15 is 0 Å². The van der Waals surface area contributed by atoms with Crippen LogP contribution < -0.4 is 0 Å². The fourth-order valence-corrected chi connectivity index (χ4v) is 8.64. The van der Waals surface area contributed by atoms with Crippen molar-refractivity contribution in [1.29, 1.82) is 0 Å². The summed E-state index contributed by atoms with van der Waals surface area (Å²) >= 11 is 0. The van der Waals surface area contributed by atoms with E-state index in [0.29, 0.717) is 23.7 Å². The fraction of sp³-hybridized carbons (Fsp3) is 0.885. The molecule has 164 valence electrons.